The number of anilines is 1. The van der Waals surface area contributed by atoms with Gasteiger partial charge in [0.25, 0.3) is 5.91 Å². The Morgan fingerprint density at radius 2 is 1.81 bits per heavy atom. The third kappa shape index (κ3) is 1.76. The van der Waals surface area contributed by atoms with Crippen LogP contribution in [-0.4, -0.2) is 17.8 Å². The van der Waals surface area contributed by atoms with Gasteiger partial charge in [-0.25, -0.2) is 18.5 Å². The maximum absolute atomic E-state index is 14.0. The van der Waals surface area contributed by atoms with E-state index >= 15 is 0 Å². The topological polar surface area (TPSA) is 66.5 Å². The standard InChI is InChI=1S/C14H12F2N2O3/c1-7-5-9(16)10(6-8(7)15)18-12(20)14(3-2-4-14)11(19)17-13(18)21/h5-6H,2-4H2,1H3,(H,17,19,21). The average molecular weight is 294 g/mol. The van der Waals surface area contributed by atoms with Gasteiger partial charge in [-0.1, -0.05) is 6.42 Å². The normalized spacial score (nSPS) is 20.5. The molecule has 1 aromatic rings. The van der Waals surface area contributed by atoms with Crippen molar-refractivity contribution in [2.24, 2.45) is 5.41 Å². The van der Waals surface area contributed by atoms with Crippen molar-refractivity contribution in [1.82, 2.24) is 5.32 Å². The molecule has 1 heterocycles. The lowest BCUT2D eigenvalue weighted by Gasteiger charge is -2.44. The SMILES string of the molecule is Cc1cc(F)c(N2C(=O)NC(=O)C3(CCC3)C2=O)cc1F. The first-order valence-electron chi connectivity index (χ1n) is 6.52. The Labute approximate surface area is 118 Å². The van der Waals surface area contributed by atoms with Gasteiger partial charge in [-0.15, -0.1) is 0 Å². The van der Waals surface area contributed by atoms with Crippen LogP contribution in [0.2, 0.25) is 0 Å². The summed E-state index contributed by atoms with van der Waals surface area (Å²) in [6.45, 7) is 1.37. The Morgan fingerprint density at radius 3 is 2.38 bits per heavy atom. The highest BCUT2D eigenvalue weighted by Crippen LogP contribution is 2.45. The molecule has 1 saturated carbocycles. The molecule has 0 aromatic heterocycles. The third-order valence-electron chi connectivity index (χ3n) is 4.15. The molecule has 7 heteroatoms. The number of imide groups is 2. The molecule has 0 radical (unpaired) electrons. The van der Waals surface area contributed by atoms with Crippen molar-refractivity contribution in [2.45, 2.75) is 26.2 Å². The van der Waals surface area contributed by atoms with E-state index in [4.69, 9.17) is 0 Å². The number of carbonyl (C=O) groups is 3. The summed E-state index contributed by atoms with van der Waals surface area (Å²) >= 11 is 0. The summed E-state index contributed by atoms with van der Waals surface area (Å²) < 4.78 is 27.6. The van der Waals surface area contributed by atoms with Crippen molar-refractivity contribution in [3.8, 4) is 0 Å². The molecule has 0 unspecified atom stereocenters. The van der Waals surface area contributed by atoms with Crippen LogP contribution in [-0.2, 0) is 9.59 Å². The van der Waals surface area contributed by atoms with Crippen LogP contribution < -0.4 is 10.2 Å². The molecule has 3 rings (SSSR count). The molecule has 110 valence electrons. The minimum Gasteiger partial charge on any atom is -0.276 e. The monoisotopic (exact) mass is 294 g/mol. The van der Waals surface area contributed by atoms with Gasteiger partial charge in [-0.05, 0) is 31.4 Å². The average Bonchev–Trinajstić information content (AvgIpc) is 2.33. The Balaban J connectivity index is 2.09. The molecular weight excluding hydrogens is 282 g/mol. The fourth-order valence-corrected chi connectivity index (χ4v) is 2.67. The van der Waals surface area contributed by atoms with Gasteiger partial charge in [0.1, 0.15) is 17.0 Å². The molecule has 0 atom stereocenters. The van der Waals surface area contributed by atoms with Crippen LogP contribution in [0.4, 0.5) is 19.3 Å². The minimum atomic E-state index is -1.32. The van der Waals surface area contributed by atoms with E-state index in [9.17, 15) is 23.2 Å². The smallest absolute Gasteiger partial charge is 0.276 e. The second kappa shape index (κ2) is 4.34. The quantitative estimate of drug-likeness (QED) is 0.806. The Hall–Kier alpha value is -2.31. The maximum Gasteiger partial charge on any atom is 0.335 e. The Bertz CT molecular complexity index is 683. The van der Waals surface area contributed by atoms with E-state index < -0.39 is 40.6 Å². The maximum atomic E-state index is 14.0. The number of carbonyl (C=O) groups excluding carboxylic acids is 3. The van der Waals surface area contributed by atoms with Crippen molar-refractivity contribution in [3.05, 3.63) is 29.3 Å². The number of hydrogen-bond acceptors (Lipinski definition) is 3. The third-order valence-corrected chi connectivity index (χ3v) is 4.15. The Morgan fingerprint density at radius 1 is 1.14 bits per heavy atom. The van der Waals surface area contributed by atoms with Gasteiger partial charge >= 0.3 is 6.03 Å². The molecule has 1 N–H and O–H groups in total. The highest BCUT2D eigenvalue weighted by atomic mass is 19.1. The first kappa shape index (κ1) is 13.7. The van der Waals surface area contributed by atoms with Crippen LogP contribution in [0.5, 0.6) is 0 Å². The van der Waals surface area contributed by atoms with Crippen LogP contribution in [0.3, 0.4) is 0 Å². The second-order valence-electron chi connectivity index (χ2n) is 5.39. The lowest BCUT2D eigenvalue weighted by molar-refractivity contribution is -0.148. The van der Waals surface area contributed by atoms with E-state index in [1.807, 2.05) is 0 Å². The summed E-state index contributed by atoms with van der Waals surface area (Å²) in [4.78, 5) is 36.7. The molecule has 2 aliphatic rings. The summed E-state index contributed by atoms with van der Waals surface area (Å²) in [5.41, 5.74) is -1.73. The number of nitrogens with zero attached hydrogens (tertiary/aromatic N) is 1. The molecular formula is C14H12F2N2O3. The number of barbiturate groups is 1. The number of amides is 4. The van der Waals surface area contributed by atoms with Gasteiger partial charge in [0, 0.05) is 6.07 Å². The molecule has 1 saturated heterocycles. The molecule has 21 heavy (non-hydrogen) atoms. The lowest BCUT2D eigenvalue weighted by Crippen LogP contribution is -2.66. The molecule has 1 spiro atoms. The number of halogens is 2. The van der Waals surface area contributed by atoms with Crippen molar-refractivity contribution < 1.29 is 23.2 Å². The van der Waals surface area contributed by atoms with Crippen LogP contribution in [0.15, 0.2) is 12.1 Å². The summed E-state index contributed by atoms with van der Waals surface area (Å²) in [5, 5.41) is 2.05. The van der Waals surface area contributed by atoms with E-state index in [0.717, 1.165) is 12.1 Å². The van der Waals surface area contributed by atoms with Gasteiger partial charge in [0.15, 0.2) is 0 Å². The fraction of sp³-hybridized carbons (Fsp3) is 0.357. The number of benzene rings is 1. The van der Waals surface area contributed by atoms with E-state index in [1.165, 1.54) is 6.92 Å². The number of aryl methyl sites for hydroxylation is 1. The zero-order valence-corrected chi connectivity index (χ0v) is 11.2. The van der Waals surface area contributed by atoms with Crippen LogP contribution in [0.1, 0.15) is 24.8 Å². The number of rotatable bonds is 1. The van der Waals surface area contributed by atoms with Gasteiger partial charge in [-0.2, -0.15) is 0 Å². The molecule has 5 nitrogen and oxygen atoms in total. The zero-order valence-electron chi connectivity index (χ0n) is 11.2. The predicted octanol–water partition coefficient (Wildman–Crippen LogP) is 2.03. The zero-order chi connectivity index (χ0) is 15.4. The molecule has 2 fully saturated rings. The highest BCUT2D eigenvalue weighted by Gasteiger charge is 2.58. The van der Waals surface area contributed by atoms with Gasteiger partial charge in [0.2, 0.25) is 5.91 Å². The summed E-state index contributed by atoms with van der Waals surface area (Å²) in [6, 6.07) is 0.657. The van der Waals surface area contributed by atoms with E-state index in [-0.39, 0.29) is 5.56 Å². The molecule has 0 bridgehead atoms. The molecule has 1 aliphatic carbocycles. The van der Waals surface area contributed by atoms with Crippen molar-refractivity contribution in [1.29, 1.82) is 0 Å². The molecule has 1 aliphatic heterocycles. The fourth-order valence-electron chi connectivity index (χ4n) is 2.67. The van der Waals surface area contributed by atoms with Crippen molar-refractivity contribution >= 4 is 23.5 Å². The highest BCUT2D eigenvalue weighted by molar-refractivity contribution is 6.30. The van der Waals surface area contributed by atoms with Crippen LogP contribution in [0.25, 0.3) is 0 Å². The first-order valence-corrected chi connectivity index (χ1v) is 6.52. The van der Waals surface area contributed by atoms with Crippen LogP contribution >= 0.6 is 0 Å². The van der Waals surface area contributed by atoms with Crippen molar-refractivity contribution in [2.75, 3.05) is 4.90 Å². The molecule has 1 aromatic carbocycles. The van der Waals surface area contributed by atoms with Gasteiger partial charge < -0.3 is 0 Å². The summed E-state index contributed by atoms with van der Waals surface area (Å²) in [7, 11) is 0. The Kier molecular flexibility index (Phi) is 2.82. The number of urea groups is 1. The lowest BCUT2D eigenvalue weighted by atomic mass is 9.66. The van der Waals surface area contributed by atoms with E-state index in [2.05, 4.69) is 5.32 Å². The predicted molar refractivity (Wildman–Crippen MR) is 68.4 cm³/mol. The van der Waals surface area contributed by atoms with E-state index in [0.29, 0.717) is 24.2 Å². The van der Waals surface area contributed by atoms with Crippen LogP contribution in [0, 0.1) is 24.0 Å². The van der Waals surface area contributed by atoms with Gasteiger partial charge in [0.05, 0.1) is 5.69 Å². The minimum absolute atomic E-state index is 0.0653. The second-order valence-corrected chi connectivity index (χ2v) is 5.39. The van der Waals surface area contributed by atoms with Crippen molar-refractivity contribution in [3.63, 3.8) is 0 Å². The number of nitrogens with one attached hydrogen (secondary N) is 1. The largest absolute Gasteiger partial charge is 0.335 e. The van der Waals surface area contributed by atoms with Gasteiger partial charge in [-0.3, -0.25) is 14.9 Å². The summed E-state index contributed by atoms with van der Waals surface area (Å²) in [5.74, 6) is -3.06. The molecule has 4 amide bonds. The number of hydrogen-bond donors (Lipinski definition) is 1. The van der Waals surface area contributed by atoms with E-state index in [1.54, 1.807) is 0 Å². The summed E-state index contributed by atoms with van der Waals surface area (Å²) in [6.07, 6.45) is 1.28. The first-order chi connectivity index (χ1) is 9.86.